The number of Topliss-reactive ketones (excluding diaryl/α,β-unsaturated/α-hetero) is 1. The highest BCUT2D eigenvalue weighted by atomic mass is 32.2. The molecule has 0 aromatic heterocycles. The predicted octanol–water partition coefficient (Wildman–Crippen LogP) is 2.38. The van der Waals surface area contributed by atoms with Gasteiger partial charge in [0.25, 0.3) is 0 Å². The second kappa shape index (κ2) is 17.0. The first-order chi connectivity index (χ1) is 9.82. The minimum absolute atomic E-state index is 0.0340. The molecule has 0 saturated carbocycles. The van der Waals surface area contributed by atoms with Crippen molar-refractivity contribution in [1.29, 1.82) is 0 Å². The van der Waals surface area contributed by atoms with E-state index in [1.165, 1.54) is 18.7 Å². The van der Waals surface area contributed by atoms with E-state index in [1.54, 1.807) is 0 Å². The van der Waals surface area contributed by atoms with Crippen LogP contribution >= 0.6 is 11.8 Å². The van der Waals surface area contributed by atoms with Crippen LogP contribution in [0.2, 0.25) is 0 Å². The predicted molar refractivity (Wildman–Crippen MR) is 91.3 cm³/mol. The van der Waals surface area contributed by atoms with Gasteiger partial charge >= 0.3 is 0 Å². The summed E-state index contributed by atoms with van der Waals surface area (Å²) in [4.78, 5) is 33.3. The zero-order valence-corrected chi connectivity index (χ0v) is 15.3. The van der Waals surface area contributed by atoms with E-state index in [2.05, 4.69) is 5.32 Å². The number of nitrogens with one attached hydrogen (secondary N) is 1. The third kappa shape index (κ3) is 19.0. The summed E-state index contributed by atoms with van der Waals surface area (Å²) in [6.07, 6.45) is 0.362. The number of thioether (sulfide) groups is 1. The Kier molecular flexibility index (Phi) is 20.2. The molecule has 0 spiro atoms. The first-order valence-corrected chi connectivity index (χ1v) is 8.64. The number of amides is 2. The first kappa shape index (κ1) is 24.9. The smallest absolute Gasteiger partial charge is 0.240 e. The van der Waals surface area contributed by atoms with Crippen LogP contribution in [0.15, 0.2) is 0 Å². The Hall–Kier alpha value is -1.04. The Bertz CT molecular complexity index is 295. The van der Waals surface area contributed by atoms with Crippen molar-refractivity contribution in [2.24, 2.45) is 11.7 Å². The van der Waals surface area contributed by atoms with Gasteiger partial charge in [-0.25, -0.2) is 0 Å². The van der Waals surface area contributed by atoms with Gasteiger partial charge in [-0.3, -0.25) is 14.4 Å². The van der Waals surface area contributed by atoms with Gasteiger partial charge in [-0.15, -0.1) is 0 Å². The van der Waals surface area contributed by atoms with Crippen LogP contribution in [0.4, 0.5) is 0 Å². The van der Waals surface area contributed by atoms with E-state index in [1.807, 2.05) is 41.5 Å². The molecule has 3 N–H and O–H groups in total. The molecule has 0 aromatic rings. The zero-order valence-electron chi connectivity index (χ0n) is 14.5. The lowest BCUT2D eigenvalue weighted by molar-refractivity contribution is -0.127. The van der Waals surface area contributed by atoms with Crippen LogP contribution in [0, 0.1) is 5.92 Å². The van der Waals surface area contributed by atoms with Crippen LogP contribution in [0.1, 0.15) is 54.9 Å². The summed E-state index contributed by atoms with van der Waals surface area (Å²) in [5, 5.41) is 2.58. The molecule has 2 amide bonds. The lowest BCUT2D eigenvalue weighted by Gasteiger charge is -2.15. The van der Waals surface area contributed by atoms with E-state index in [-0.39, 0.29) is 17.6 Å². The summed E-state index contributed by atoms with van der Waals surface area (Å²) in [7, 11) is 0. The summed E-state index contributed by atoms with van der Waals surface area (Å²) in [6, 6.07) is -0.703. The van der Waals surface area contributed by atoms with Crippen LogP contribution in [0.5, 0.6) is 0 Å². The third-order valence-corrected chi connectivity index (χ3v) is 3.04. The highest BCUT2D eigenvalue weighted by molar-refractivity contribution is 8.00. The molecule has 6 heteroatoms. The Morgan fingerprint density at radius 1 is 1.10 bits per heavy atom. The normalized spacial score (nSPS) is 10.5. The largest absolute Gasteiger partial charge is 0.368 e. The van der Waals surface area contributed by atoms with Gasteiger partial charge in [-0.1, -0.05) is 41.5 Å². The highest BCUT2D eigenvalue weighted by Gasteiger charge is 2.18. The maximum atomic E-state index is 11.5. The summed E-state index contributed by atoms with van der Waals surface area (Å²) < 4.78 is 0. The van der Waals surface area contributed by atoms with E-state index in [0.29, 0.717) is 17.9 Å². The number of carbonyl (C=O) groups excluding carboxylic acids is 3. The minimum atomic E-state index is -0.703. The average molecular weight is 320 g/mol. The lowest BCUT2D eigenvalue weighted by atomic mass is 10.1. The van der Waals surface area contributed by atoms with Gasteiger partial charge in [-0.05, 0) is 12.8 Å². The second-order valence-corrected chi connectivity index (χ2v) is 5.37. The van der Waals surface area contributed by atoms with Crippen LogP contribution < -0.4 is 11.1 Å². The van der Waals surface area contributed by atoms with E-state index >= 15 is 0 Å². The van der Waals surface area contributed by atoms with E-state index in [0.717, 1.165) is 0 Å². The summed E-state index contributed by atoms with van der Waals surface area (Å²) in [6.45, 7) is 13.3. The fourth-order valence-electron chi connectivity index (χ4n) is 1.14. The van der Waals surface area contributed by atoms with Crippen molar-refractivity contribution in [3.8, 4) is 0 Å². The number of ketones is 1. The number of hydrogen-bond donors (Lipinski definition) is 2. The molecule has 21 heavy (non-hydrogen) atoms. The van der Waals surface area contributed by atoms with Crippen LogP contribution in [0.3, 0.4) is 0 Å². The van der Waals surface area contributed by atoms with Crippen molar-refractivity contribution in [1.82, 2.24) is 5.32 Å². The Labute approximate surface area is 133 Å². The number of rotatable bonds is 8. The minimum Gasteiger partial charge on any atom is -0.368 e. The van der Waals surface area contributed by atoms with E-state index in [9.17, 15) is 14.4 Å². The topological polar surface area (TPSA) is 89.3 Å². The fraction of sp³-hybridized carbons (Fsp3) is 0.800. The molecule has 0 aliphatic heterocycles. The van der Waals surface area contributed by atoms with Crippen molar-refractivity contribution in [3.05, 3.63) is 0 Å². The standard InChI is InChI=1S/C11H20N2O3S.2C2H6/c1-7(2)4-10(15)13-9(11(12)16)6-17-5-8(3)14;2*1-2/h7,9H,4-6H2,1-3H3,(H2,12,16)(H,13,15);2*1-2H3/t9-;;/m0../s1. The maximum Gasteiger partial charge on any atom is 0.240 e. The highest BCUT2D eigenvalue weighted by Crippen LogP contribution is 2.05. The van der Waals surface area contributed by atoms with E-state index < -0.39 is 11.9 Å². The molecule has 0 bridgehead atoms. The Morgan fingerprint density at radius 3 is 1.90 bits per heavy atom. The molecule has 0 aliphatic carbocycles. The molecule has 126 valence electrons. The van der Waals surface area contributed by atoms with Gasteiger partial charge in [0, 0.05) is 12.2 Å². The molecular weight excluding hydrogens is 288 g/mol. The fourth-order valence-corrected chi connectivity index (χ4v) is 2.03. The molecular formula is C15H32N2O3S. The summed E-state index contributed by atoms with van der Waals surface area (Å²) in [5.74, 6) is 0.160. The van der Waals surface area contributed by atoms with Crippen molar-refractivity contribution >= 4 is 29.4 Å². The van der Waals surface area contributed by atoms with E-state index in [4.69, 9.17) is 5.73 Å². The molecule has 5 nitrogen and oxygen atoms in total. The molecule has 0 radical (unpaired) electrons. The number of carbonyl (C=O) groups is 3. The first-order valence-electron chi connectivity index (χ1n) is 7.48. The van der Waals surface area contributed by atoms with Crippen molar-refractivity contribution in [3.63, 3.8) is 0 Å². The molecule has 0 aromatic carbocycles. The van der Waals surface area contributed by atoms with Gasteiger partial charge in [0.05, 0.1) is 5.75 Å². The summed E-state index contributed by atoms with van der Waals surface area (Å²) in [5.41, 5.74) is 5.18. The van der Waals surface area contributed by atoms with Crippen LogP contribution in [0.25, 0.3) is 0 Å². The van der Waals surface area contributed by atoms with Gasteiger partial charge in [0.1, 0.15) is 11.8 Å². The van der Waals surface area contributed by atoms with Crippen molar-refractivity contribution in [2.75, 3.05) is 11.5 Å². The third-order valence-electron chi connectivity index (χ3n) is 1.86. The maximum absolute atomic E-state index is 11.5. The second-order valence-electron chi connectivity index (χ2n) is 4.34. The molecule has 0 aliphatic rings. The molecule has 0 fully saturated rings. The molecule has 1 atom stereocenters. The zero-order chi connectivity index (χ0) is 17.4. The average Bonchev–Trinajstić information content (AvgIpc) is 2.40. The van der Waals surface area contributed by atoms with Gasteiger partial charge in [-0.2, -0.15) is 11.8 Å². The van der Waals surface area contributed by atoms with Gasteiger partial charge < -0.3 is 11.1 Å². The molecule has 0 rings (SSSR count). The summed E-state index contributed by atoms with van der Waals surface area (Å²) >= 11 is 1.29. The Balaban J connectivity index is -0.000000739. The van der Waals surface area contributed by atoms with Crippen molar-refractivity contribution < 1.29 is 14.4 Å². The SMILES string of the molecule is CC.CC.CC(=O)CSC[C@H](NC(=O)CC(C)C)C(N)=O. The molecule has 0 unspecified atom stereocenters. The molecule has 0 heterocycles. The number of nitrogens with two attached hydrogens (primary N) is 1. The van der Waals surface area contributed by atoms with Crippen LogP contribution in [-0.4, -0.2) is 35.1 Å². The molecule has 0 saturated heterocycles. The number of hydrogen-bond acceptors (Lipinski definition) is 4. The van der Waals surface area contributed by atoms with Gasteiger partial charge in [0.15, 0.2) is 0 Å². The van der Waals surface area contributed by atoms with Crippen molar-refractivity contribution in [2.45, 2.75) is 60.9 Å². The van der Waals surface area contributed by atoms with Gasteiger partial charge in [0.2, 0.25) is 11.8 Å². The Morgan fingerprint density at radius 2 is 1.57 bits per heavy atom. The lowest BCUT2D eigenvalue weighted by Crippen LogP contribution is -2.46. The van der Waals surface area contributed by atoms with Crippen LogP contribution in [-0.2, 0) is 14.4 Å². The monoisotopic (exact) mass is 320 g/mol. The quantitative estimate of drug-likeness (QED) is 0.718. The number of primary amides is 1.